The maximum atomic E-state index is 7.24. The summed E-state index contributed by atoms with van der Waals surface area (Å²) in [5.41, 5.74) is 5.86. The van der Waals surface area contributed by atoms with Crippen molar-refractivity contribution in [2.45, 2.75) is 0 Å². The van der Waals surface area contributed by atoms with Crippen LogP contribution in [0.2, 0.25) is 10.0 Å². The Morgan fingerprint density at radius 3 is 2.50 bits per heavy atom. The summed E-state index contributed by atoms with van der Waals surface area (Å²) in [5.74, 6) is 0.884. The second-order valence-electron chi connectivity index (χ2n) is 3.48. The summed E-state index contributed by atoms with van der Waals surface area (Å²) in [6, 6.07) is 8.21. The minimum absolute atomic E-state index is 0.0383. The third-order valence-electron chi connectivity index (χ3n) is 2.16. The zero-order valence-electron chi connectivity index (χ0n) is 9.15. The van der Waals surface area contributed by atoms with Gasteiger partial charge in [-0.25, -0.2) is 4.98 Å². The predicted octanol–water partition coefficient (Wildman–Crippen LogP) is 3.46. The normalized spacial score (nSPS) is 10.1. The highest BCUT2D eigenvalue weighted by Gasteiger charge is 2.03. The lowest BCUT2D eigenvalue weighted by Crippen LogP contribution is -2.11. The van der Waals surface area contributed by atoms with E-state index in [0.29, 0.717) is 27.2 Å². The number of pyridine rings is 1. The van der Waals surface area contributed by atoms with Crippen LogP contribution in [0.1, 0.15) is 5.56 Å². The fourth-order valence-corrected chi connectivity index (χ4v) is 1.55. The van der Waals surface area contributed by atoms with E-state index in [0.717, 1.165) is 0 Å². The monoisotopic (exact) mass is 281 g/mol. The minimum Gasteiger partial charge on any atom is -0.439 e. The van der Waals surface area contributed by atoms with Gasteiger partial charge in [0.2, 0.25) is 5.88 Å². The number of hydrogen-bond acceptors (Lipinski definition) is 3. The van der Waals surface area contributed by atoms with E-state index in [1.54, 1.807) is 30.3 Å². The number of halogens is 2. The highest BCUT2D eigenvalue weighted by atomic mass is 35.5. The molecular weight excluding hydrogens is 273 g/mol. The second-order valence-corrected chi connectivity index (χ2v) is 4.29. The molecule has 3 N–H and O–H groups in total. The van der Waals surface area contributed by atoms with Crippen molar-refractivity contribution in [2.75, 3.05) is 0 Å². The highest BCUT2D eigenvalue weighted by Crippen LogP contribution is 2.28. The Labute approximate surface area is 114 Å². The molecule has 92 valence electrons. The number of nitrogens with zero attached hydrogens (tertiary/aromatic N) is 1. The van der Waals surface area contributed by atoms with E-state index in [2.05, 4.69) is 4.98 Å². The summed E-state index contributed by atoms with van der Waals surface area (Å²) < 4.78 is 5.48. The van der Waals surface area contributed by atoms with Gasteiger partial charge in [-0.05, 0) is 18.2 Å². The molecule has 4 nitrogen and oxygen atoms in total. The molecule has 1 heterocycles. The summed E-state index contributed by atoms with van der Waals surface area (Å²) in [5, 5.41) is 8.12. The molecule has 0 fully saturated rings. The van der Waals surface area contributed by atoms with Crippen molar-refractivity contribution < 1.29 is 4.74 Å². The van der Waals surface area contributed by atoms with Gasteiger partial charge in [-0.15, -0.1) is 0 Å². The molecule has 0 aliphatic heterocycles. The van der Waals surface area contributed by atoms with Crippen LogP contribution >= 0.6 is 23.2 Å². The van der Waals surface area contributed by atoms with Gasteiger partial charge in [-0.3, -0.25) is 5.41 Å². The van der Waals surface area contributed by atoms with Crippen LogP contribution < -0.4 is 10.5 Å². The van der Waals surface area contributed by atoms with E-state index in [1.807, 2.05) is 0 Å². The molecule has 1 aromatic heterocycles. The van der Waals surface area contributed by atoms with Crippen molar-refractivity contribution in [1.29, 1.82) is 5.41 Å². The first-order valence-corrected chi connectivity index (χ1v) is 5.75. The Morgan fingerprint density at radius 2 is 1.94 bits per heavy atom. The van der Waals surface area contributed by atoms with Gasteiger partial charge < -0.3 is 10.5 Å². The Bertz CT molecular complexity index is 584. The fourth-order valence-electron chi connectivity index (χ4n) is 1.26. The molecule has 2 aromatic rings. The average Bonchev–Trinajstić information content (AvgIpc) is 2.34. The number of aromatic nitrogens is 1. The van der Waals surface area contributed by atoms with Gasteiger partial charge in [0.1, 0.15) is 11.6 Å². The lowest BCUT2D eigenvalue weighted by atomic mass is 10.3. The summed E-state index contributed by atoms with van der Waals surface area (Å²) in [7, 11) is 0. The zero-order chi connectivity index (χ0) is 13.1. The van der Waals surface area contributed by atoms with Gasteiger partial charge in [-0.2, -0.15) is 0 Å². The van der Waals surface area contributed by atoms with Gasteiger partial charge >= 0.3 is 0 Å². The molecule has 0 bridgehead atoms. The molecule has 0 aliphatic carbocycles. The van der Waals surface area contributed by atoms with Gasteiger partial charge in [0, 0.05) is 23.9 Å². The first kappa shape index (κ1) is 12.7. The van der Waals surface area contributed by atoms with Gasteiger partial charge in [0.15, 0.2) is 0 Å². The topological polar surface area (TPSA) is 72.0 Å². The lowest BCUT2D eigenvalue weighted by molar-refractivity contribution is 0.463. The number of nitrogen functional groups attached to an aromatic ring is 1. The summed E-state index contributed by atoms with van der Waals surface area (Å²) in [6.07, 6.45) is 1.47. The molecule has 0 atom stereocenters. The molecule has 18 heavy (non-hydrogen) atoms. The van der Waals surface area contributed by atoms with Crippen molar-refractivity contribution in [2.24, 2.45) is 5.73 Å². The SMILES string of the molecule is N=C(N)c1ccc(Oc2ccc(Cl)c(Cl)c2)nc1. The van der Waals surface area contributed by atoms with Crippen LogP contribution in [0.15, 0.2) is 36.5 Å². The molecule has 0 radical (unpaired) electrons. The summed E-state index contributed by atoms with van der Waals surface area (Å²) >= 11 is 11.7. The number of nitrogens with two attached hydrogens (primary N) is 1. The van der Waals surface area contributed by atoms with Gasteiger partial charge in [0.05, 0.1) is 10.0 Å². The molecule has 0 saturated carbocycles. The van der Waals surface area contributed by atoms with E-state index in [-0.39, 0.29) is 5.84 Å². The third-order valence-corrected chi connectivity index (χ3v) is 2.90. The maximum Gasteiger partial charge on any atom is 0.219 e. The van der Waals surface area contributed by atoms with Crippen molar-refractivity contribution in [3.63, 3.8) is 0 Å². The van der Waals surface area contributed by atoms with Crippen LogP contribution in [0.3, 0.4) is 0 Å². The molecule has 6 heteroatoms. The van der Waals surface area contributed by atoms with Crippen molar-refractivity contribution >= 4 is 29.0 Å². The fraction of sp³-hybridized carbons (Fsp3) is 0. The predicted molar refractivity (Wildman–Crippen MR) is 71.8 cm³/mol. The third kappa shape index (κ3) is 2.91. The molecular formula is C12H9Cl2N3O. The smallest absolute Gasteiger partial charge is 0.219 e. The quantitative estimate of drug-likeness (QED) is 0.668. The van der Waals surface area contributed by atoms with Crippen LogP contribution in [0.4, 0.5) is 0 Å². The van der Waals surface area contributed by atoms with E-state index in [1.165, 1.54) is 6.20 Å². The first-order valence-electron chi connectivity index (χ1n) is 4.99. The van der Waals surface area contributed by atoms with Crippen LogP contribution in [-0.4, -0.2) is 10.8 Å². The van der Waals surface area contributed by atoms with Gasteiger partial charge in [-0.1, -0.05) is 23.2 Å². The molecule has 2 rings (SSSR count). The molecule has 0 saturated heterocycles. The number of nitrogens with one attached hydrogen (secondary N) is 1. The molecule has 0 amide bonds. The van der Waals surface area contributed by atoms with E-state index < -0.39 is 0 Å². The number of amidine groups is 1. The maximum absolute atomic E-state index is 7.24. The van der Waals surface area contributed by atoms with Crippen LogP contribution in [-0.2, 0) is 0 Å². The first-order chi connectivity index (χ1) is 8.56. The average molecular weight is 282 g/mol. The second kappa shape index (κ2) is 5.25. The molecule has 0 aliphatic rings. The van der Waals surface area contributed by atoms with Crippen LogP contribution in [0.25, 0.3) is 0 Å². The number of rotatable bonds is 3. The van der Waals surface area contributed by atoms with Crippen molar-refractivity contribution in [1.82, 2.24) is 4.98 Å². The number of hydrogen-bond donors (Lipinski definition) is 2. The zero-order valence-corrected chi connectivity index (χ0v) is 10.7. The Kier molecular flexibility index (Phi) is 3.69. The molecule has 1 aromatic carbocycles. The highest BCUT2D eigenvalue weighted by molar-refractivity contribution is 6.42. The Hall–Kier alpha value is -1.78. The number of benzene rings is 1. The number of ether oxygens (including phenoxy) is 1. The van der Waals surface area contributed by atoms with E-state index >= 15 is 0 Å². The van der Waals surface area contributed by atoms with E-state index in [9.17, 15) is 0 Å². The van der Waals surface area contributed by atoms with Crippen molar-refractivity contribution in [3.8, 4) is 11.6 Å². The Morgan fingerprint density at radius 1 is 1.17 bits per heavy atom. The summed E-state index contributed by atoms with van der Waals surface area (Å²) in [4.78, 5) is 4.03. The minimum atomic E-state index is -0.0383. The van der Waals surface area contributed by atoms with Crippen molar-refractivity contribution in [3.05, 3.63) is 52.1 Å². The largest absolute Gasteiger partial charge is 0.439 e. The van der Waals surface area contributed by atoms with Crippen LogP contribution in [0.5, 0.6) is 11.6 Å². The summed E-state index contributed by atoms with van der Waals surface area (Å²) in [6.45, 7) is 0. The standard InChI is InChI=1S/C12H9Cl2N3O/c13-9-3-2-8(5-10(9)14)18-11-4-1-7(6-17-11)12(15)16/h1-6H,(H3,15,16). The molecule has 0 spiro atoms. The van der Waals surface area contributed by atoms with Gasteiger partial charge in [0.25, 0.3) is 0 Å². The Balaban J connectivity index is 2.18. The molecule has 0 unspecified atom stereocenters. The van der Waals surface area contributed by atoms with E-state index in [4.69, 9.17) is 39.1 Å². The lowest BCUT2D eigenvalue weighted by Gasteiger charge is -2.06. The van der Waals surface area contributed by atoms with Crippen LogP contribution in [0, 0.1) is 5.41 Å².